The predicted octanol–water partition coefficient (Wildman–Crippen LogP) is 3.19. The van der Waals surface area contributed by atoms with Gasteiger partial charge in [0, 0.05) is 40.5 Å². The molecule has 1 fully saturated rings. The van der Waals surface area contributed by atoms with E-state index in [1.165, 1.54) is 0 Å². The van der Waals surface area contributed by atoms with Crippen molar-refractivity contribution in [3.05, 3.63) is 23.8 Å². The van der Waals surface area contributed by atoms with Gasteiger partial charge >= 0.3 is 0 Å². The summed E-state index contributed by atoms with van der Waals surface area (Å²) in [6.45, 7) is 8.23. The van der Waals surface area contributed by atoms with Gasteiger partial charge in [-0.05, 0) is 31.5 Å². The highest BCUT2D eigenvalue weighted by Gasteiger charge is 2.24. The van der Waals surface area contributed by atoms with Crippen molar-refractivity contribution in [2.45, 2.75) is 31.9 Å². The molecule has 1 aromatic rings. The van der Waals surface area contributed by atoms with Crippen LogP contribution in [0.3, 0.4) is 0 Å². The second-order valence-electron chi connectivity index (χ2n) is 5.67. The third-order valence-corrected chi connectivity index (χ3v) is 4.99. The van der Waals surface area contributed by atoms with Crippen LogP contribution < -0.4 is 10.6 Å². The molecule has 0 amide bonds. The zero-order chi connectivity index (χ0) is 14.0. The van der Waals surface area contributed by atoms with E-state index >= 15 is 0 Å². The molecule has 1 heterocycles. The largest absolute Gasteiger partial charge is 0.398 e. The van der Waals surface area contributed by atoms with Gasteiger partial charge in [0.25, 0.3) is 0 Å². The molecule has 1 aliphatic heterocycles. The van der Waals surface area contributed by atoms with Crippen molar-refractivity contribution in [1.29, 1.82) is 0 Å². The van der Waals surface area contributed by atoms with Crippen molar-refractivity contribution in [3.63, 3.8) is 0 Å². The number of carbonyl (C=O) groups excluding carboxylic acids is 1. The Kier molecular flexibility index (Phi) is 4.09. The van der Waals surface area contributed by atoms with Crippen LogP contribution in [-0.4, -0.2) is 29.4 Å². The van der Waals surface area contributed by atoms with Gasteiger partial charge in [-0.15, -0.1) is 0 Å². The number of nitrogens with two attached hydrogens (primary N) is 1. The van der Waals surface area contributed by atoms with E-state index in [-0.39, 0.29) is 5.78 Å². The first-order chi connectivity index (χ1) is 8.89. The first kappa shape index (κ1) is 14.3. The van der Waals surface area contributed by atoms with Crippen LogP contribution in [0.2, 0.25) is 0 Å². The maximum absolute atomic E-state index is 11.4. The lowest BCUT2D eigenvalue weighted by atomic mass is 10.1. The van der Waals surface area contributed by atoms with Gasteiger partial charge in [0.05, 0.1) is 0 Å². The molecule has 1 aliphatic rings. The summed E-state index contributed by atoms with van der Waals surface area (Å²) in [7, 11) is 0. The lowest BCUT2D eigenvalue weighted by Gasteiger charge is -2.24. The van der Waals surface area contributed by atoms with Gasteiger partial charge < -0.3 is 10.6 Å². The normalized spacial score (nSPS) is 19.0. The van der Waals surface area contributed by atoms with Crippen molar-refractivity contribution < 1.29 is 4.79 Å². The summed E-state index contributed by atoms with van der Waals surface area (Å²) < 4.78 is 0.347. The van der Waals surface area contributed by atoms with Crippen LogP contribution in [0.4, 0.5) is 11.4 Å². The molecule has 0 unspecified atom stereocenters. The minimum Gasteiger partial charge on any atom is -0.398 e. The van der Waals surface area contributed by atoms with Gasteiger partial charge in [0.1, 0.15) is 0 Å². The summed E-state index contributed by atoms with van der Waals surface area (Å²) >= 11 is 2.02. The molecule has 0 radical (unpaired) electrons. The number of benzene rings is 1. The van der Waals surface area contributed by atoms with Gasteiger partial charge in [-0.2, -0.15) is 11.8 Å². The van der Waals surface area contributed by atoms with Crippen LogP contribution in [0.1, 0.15) is 37.6 Å². The Hall–Kier alpha value is -1.16. The highest BCUT2D eigenvalue weighted by Crippen LogP contribution is 2.33. The van der Waals surface area contributed by atoms with E-state index < -0.39 is 0 Å². The highest BCUT2D eigenvalue weighted by atomic mass is 32.2. The van der Waals surface area contributed by atoms with Crippen LogP contribution in [0.5, 0.6) is 0 Å². The minimum absolute atomic E-state index is 0.0246. The first-order valence-electron chi connectivity index (χ1n) is 6.68. The lowest BCUT2D eigenvalue weighted by Crippen LogP contribution is -2.27. The van der Waals surface area contributed by atoms with Crippen LogP contribution in [0.25, 0.3) is 0 Å². The Morgan fingerprint density at radius 2 is 2.11 bits per heavy atom. The summed E-state index contributed by atoms with van der Waals surface area (Å²) in [6, 6.07) is 5.78. The van der Waals surface area contributed by atoms with Crippen LogP contribution in [-0.2, 0) is 0 Å². The molecule has 2 rings (SSSR count). The van der Waals surface area contributed by atoms with E-state index in [0.29, 0.717) is 16.0 Å². The number of carbonyl (C=O) groups is 1. The van der Waals surface area contributed by atoms with Crippen LogP contribution in [0.15, 0.2) is 18.2 Å². The summed E-state index contributed by atoms with van der Waals surface area (Å²) in [5.74, 6) is 1.15. The quantitative estimate of drug-likeness (QED) is 0.666. The van der Waals surface area contributed by atoms with Crippen molar-refractivity contribution in [1.82, 2.24) is 0 Å². The Balaban J connectivity index is 2.18. The molecular formula is C15H22N2OS. The van der Waals surface area contributed by atoms with Gasteiger partial charge in [-0.3, -0.25) is 4.79 Å². The molecule has 0 aliphatic carbocycles. The number of hydrogen-bond donors (Lipinski definition) is 1. The molecule has 0 spiro atoms. The number of nitrogens with zero attached hydrogens (tertiary/aromatic N) is 1. The first-order valence-corrected chi connectivity index (χ1v) is 7.67. The van der Waals surface area contributed by atoms with Crippen molar-refractivity contribution in [2.75, 3.05) is 29.5 Å². The van der Waals surface area contributed by atoms with E-state index in [0.717, 1.165) is 31.0 Å². The number of ketones is 1. The SMILES string of the molecule is CC(=O)c1ccc(N2CCSC(C)(C)CC2)cc1N. The second-order valence-corrected chi connectivity index (χ2v) is 7.48. The van der Waals surface area contributed by atoms with E-state index in [2.05, 4.69) is 18.7 Å². The fourth-order valence-electron chi connectivity index (χ4n) is 2.35. The Morgan fingerprint density at radius 1 is 1.37 bits per heavy atom. The average molecular weight is 278 g/mol. The number of thioether (sulfide) groups is 1. The number of hydrogen-bond acceptors (Lipinski definition) is 4. The Labute approximate surface area is 119 Å². The van der Waals surface area contributed by atoms with Crippen molar-refractivity contribution >= 4 is 28.9 Å². The number of nitrogen functional groups attached to an aromatic ring is 1. The van der Waals surface area contributed by atoms with Gasteiger partial charge in [0.2, 0.25) is 0 Å². The molecule has 1 saturated heterocycles. The maximum Gasteiger partial charge on any atom is 0.161 e. The summed E-state index contributed by atoms with van der Waals surface area (Å²) in [5, 5.41) is 0. The van der Waals surface area contributed by atoms with E-state index in [4.69, 9.17) is 5.73 Å². The fourth-order valence-corrected chi connectivity index (χ4v) is 3.45. The van der Waals surface area contributed by atoms with Crippen LogP contribution >= 0.6 is 11.8 Å². The van der Waals surface area contributed by atoms with Gasteiger partial charge in [-0.25, -0.2) is 0 Å². The monoisotopic (exact) mass is 278 g/mol. The molecule has 19 heavy (non-hydrogen) atoms. The molecule has 2 N–H and O–H groups in total. The van der Waals surface area contributed by atoms with Gasteiger partial charge in [0.15, 0.2) is 5.78 Å². The highest BCUT2D eigenvalue weighted by molar-refractivity contribution is 8.00. The van der Waals surface area contributed by atoms with Gasteiger partial charge in [-0.1, -0.05) is 13.8 Å². The molecule has 104 valence electrons. The third-order valence-electron chi connectivity index (χ3n) is 3.62. The molecule has 0 saturated carbocycles. The zero-order valence-electron chi connectivity index (χ0n) is 11.9. The number of anilines is 2. The van der Waals surface area contributed by atoms with E-state index in [1.54, 1.807) is 6.92 Å². The summed E-state index contributed by atoms with van der Waals surface area (Å²) in [4.78, 5) is 13.8. The van der Waals surface area contributed by atoms with Crippen LogP contribution in [0, 0.1) is 0 Å². The lowest BCUT2D eigenvalue weighted by molar-refractivity contribution is 0.101. The average Bonchev–Trinajstić information content (AvgIpc) is 2.49. The third kappa shape index (κ3) is 3.44. The summed E-state index contributed by atoms with van der Waals surface area (Å²) in [5.41, 5.74) is 8.30. The van der Waals surface area contributed by atoms with E-state index in [1.807, 2.05) is 30.0 Å². The molecule has 0 bridgehead atoms. The van der Waals surface area contributed by atoms with Crippen molar-refractivity contribution in [3.8, 4) is 0 Å². The topological polar surface area (TPSA) is 46.3 Å². The summed E-state index contributed by atoms with van der Waals surface area (Å²) in [6.07, 6.45) is 1.16. The Morgan fingerprint density at radius 3 is 2.74 bits per heavy atom. The molecule has 3 nitrogen and oxygen atoms in total. The number of rotatable bonds is 2. The molecule has 1 aromatic carbocycles. The number of Topliss-reactive ketones (excluding diaryl/α,β-unsaturated/α-hetero) is 1. The van der Waals surface area contributed by atoms with Crippen molar-refractivity contribution in [2.24, 2.45) is 0 Å². The Bertz CT molecular complexity index is 485. The fraction of sp³-hybridized carbons (Fsp3) is 0.533. The molecule has 4 heteroatoms. The molecular weight excluding hydrogens is 256 g/mol. The zero-order valence-corrected chi connectivity index (χ0v) is 12.7. The minimum atomic E-state index is 0.0246. The molecule has 0 aromatic heterocycles. The molecule has 0 atom stereocenters. The standard InChI is InChI=1S/C15H22N2OS/c1-11(18)13-5-4-12(10-14(13)16)17-7-6-15(2,3)19-9-8-17/h4-5,10H,6-9,16H2,1-3H3. The predicted molar refractivity (Wildman–Crippen MR) is 84.2 cm³/mol. The smallest absolute Gasteiger partial charge is 0.161 e. The van der Waals surface area contributed by atoms with E-state index in [9.17, 15) is 4.79 Å². The maximum atomic E-state index is 11.4. The second kappa shape index (κ2) is 5.45.